The molecule has 0 amide bonds. The van der Waals surface area contributed by atoms with Gasteiger partial charge in [0.1, 0.15) is 22.5 Å². The van der Waals surface area contributed by atoms with Crippen molar-refractivity contribution in [3.05, 3.63) is 54.1 Å². The van der Waals surface area contributed by atoms with E-state index in [1.54, 1.807) is 18.8 Å². The maximum absolute atomic E-state index is 10.7. The number of benzene rings is 2. The van der Waals surface area contributed by atoms with Crippen molar-refractivity contribution < 1.29 is 14.6 Å². The van der Waals surface area contributed by atoms with E-state index in [0.717, 1.165) is 16.0 Å². The van der Waals surface area contributed by atoms with Crippen molar-refractivity contribution >= 4 is 27.7 Å². The van der Waals surface area contributed by atoms with E-state index in [2.05, 4.69) is 4.98 Å². The van der Waals surface area contributed by atoms with Crippen molar-refractivity contribution in [3.8, 4) is 11.5 Å². The highest BCUT2D eigenvalue weighted by Crippen LogP contribution is 2.45. The molecule has 0 spiro atoms. The highest BCUT2D eigenvalue weighted by atomic mass is 32.2. The van der Waals surface area contributed by atoms with E-state index in [4.69, 9.17) is 9.47 Å². The molecule has 6 heteroatoms. The highest BCUT2D eigenvalue weighted by molar-refractivity contribution is 8.08. The lowest BCUT2D eigenvalue weighted by atomic mass is 10.2. The quantitative estimate of drug-likeness (QED) is 0.788. The van der Waals surface area contributed by atoms with Gasteiger partial charge in [-0.05, 0) is 23.8 Å². The number of imidazole rings is 1. The number of thioether (sulfide) groups is 1. The number of aliphatic hydroxyl groups excluding tert-OH is 1. The zero-order valence-electron chi connectivity index (χ0n) is 13.3. The molecule has 0 fully saturated rings. The van der Waals surface area contributed by atoms with Crippen molar-refractivity contribution in [1.29, 1.82) is 0 Å². The molecule has 0 bridgehead atoms. The van der Waals surface area contributed by atoms with Crippen molar-refractivity contribution in [3.63, 3.8) is 0 Å². The van der Waals surface area contributed by atoms with Crippen LogP contribution in [0, 0.1) is 0 Å². The maximum Gasteiger partial charge on any atom is 0.176 e. The van der Waals surface area contributed by atoms with Gasteiger partial charge in [0.05, 0.1) is 14.2 Å². The van der Waals surface area contributed by atoms with E-state index in [0.29, 0.717) is 22.2 Å². The number of nitrogens with zero attached hydrogens (tertiary/aromatic N) is 2. The molecule has 24 heavy (non-hydrogen) atoms. The molecule has 0 saturated carbocycles. The van der Waals surface area contributed by atoms with Crippen LogP contribution < -0.4 is 9.47 Å². The van der Waals surface area contributed by atoms with Crippen LogP contribution in [0.5, 0.6) is 11.5 Å². The van der Waals surface area contributed by atoms with Crippen molar-refractivity contribution in [2.45, 2.75) is 11.4 Å². The van der Waals surface area contributed by atoms with Crippen LogP contribution in [-0.4, -0.2) is 28.9 Å². The fourth-order valence-electron chi connectivity index (χ4n) is 2.88. The van der Waals surface area contributed by atoms with Crippen molar-refractivity contribution in [1.82, 2.24) is 9.55 Å². The second kappa shape index (κ2) is 5.89. The smallest absolute Gasteiger partial charge is 0.176 e. The van der Waals surface area contributed by atoms with Gasteiger partial charge in [-0.3, -0.25) is 4.57 Å². The number of hydrogen-bond acceptors (Lipinski definition) is 5. The van der Waals surface area contributed by atoms with Crippen LogP contribution in [0.3, 0.4) is 0 Å². The molecule has 0 unspecified atom stereocenters. The minimum Gasteiger partial charge on any atom is -0.494 e. The minimum absolute atomic E-state index is 0.653. The average Bonchev–Trinajstić information content (AvgIpc) is 3.01. The molecule has 2 aromatic carbocycles. The van der Waals surface area contributed by atoms with E-state index in [-0.39, 0.29) is 0 Å². The summed E-state index contributed by atoms with van der Waals surface area (Å²) in [5.74, 6) is 1.31. The number of fused-ring (bicyclic) bond motifs is 3. The van der Waals surface area contributed by atoms with E-state index >= 15 is 0 Å². The number of rotatable bonds is 3. The minimum atomic E-state index is -0.817. The molecular formula is C18H16N2O3S. The first-order valence-corrected chi connectivity index (χ1v) is 8.30. The molecule has 1 aromatic heterocycles. The summed E-state index contributed by atoms with van der Waals surface area (Å²) < 4.78 is 12.6. The highest BCUT2D eigenvalue weighted by Gasteiger charge is 2.27. The second-order valence-electron chi connectivity index (χ2n) is 5.34. The van der Waals surface area contributed by atoms with Crippen LogP contribution in [0.15, 0.2) is 53.7 Å². The van der Waals surface area contributed by atoms with Gasteiger partial charge in [0, 0.05) is 4.91 Å². The monoisotopic (exact) mass is 340 g/mol. The zero-order chi connectivity index (χ0) is 16.7. The SMILES string of the molecule is COc1ccc(OC)c2c1nc1n2[C@H](O)C=C(c2ccccc2)S1. The van der Waals surface area contributed by atoms with Gasteiger partial charge < -0.3 is 14.6 Å². The van der Waals surface area contributed by atoms with Crippen molar-refractivity contribution in [2.24, 2.45) is 0 Å². The number of aromatic nitrogens is 2. The predicted octanol–water partition coefficient (Wildman–Crippen LogP) is 3.69. The Morgan fingerprint density at radius 3 is 2.46 bits per heavy atom. The van der Waals surface area contributed by atoms with Crippen LogP contribution in [-0.2, 0) is 0 Å². The molecule has 1 aliphatic heterocycles. The first-order valence-electron chi connectivity index (χ1n) is 7.49. The zero-order valence-corrected chi connectivity index (χ0v) is 14.1. The van der Waals surface area contributed by atoms with Crippen LogP contribution in [0.25, 0.3) is 15.9 Å². The summed E-state index contributed by atoms with van der Waals surface area (Å²) in [5.41, 5.74) is 2.47. The predicted molar refractivity (Wildman–Crippen MR) is 94.4 cm³/mol. The number of aliphatic hydroxyl groups is 1. The number of ether oxygens (including phenoxy) is 2. The molecule has 0 radical (unpaired) electrons. The lowest BCUT2D eigenvalue weighted by Gasteiger charge is -2.21. The van der Waals surface area contributed by atoms with E-state index < -0.39 is 6.23 Å². The number of methoxy groups -OCH3 is 2. The Balaban J connectivity index is 1.90. The average molecular weight is 340 g/mol. The van der Waals surface area contributed by atoms with Gasteiger partial charge in [-0.15, -0.1) is 0 Å². The molecule has 1 atom stereocenters. The summed E-state index contributed by atoms with van der Waals surface area (Å²) in [6.45, 7) is 0. The van der Waals surface area contributed by atoms with Gasteiger partial charge in [0.15, 0.2) is 11.4 Å². The van der Waals surface area contributed by atoms with Crippen LogP contribution in [0.4, 0.5) is 0 Å². The summed E-state index contributed by atoms with van der Waals surface area (Å²) in [6.07, 6.45) is 1.01. The lowest BCUT2D eigenvalue weighted by Crippen LogP contribution is -2.11. The molecule has 122 valence electrons. The standard InChI is InChI=1S/C18H16N2O3S/c1-22-12-8-9-13(23-2)17-16(12)19-18-20(17)15(21)10-14(24-18)11-6-4-3-5-7-11/h3-10,15,21H,1-2H3/t15-/m1/s1. The summed E-state index contributed by atoms with van der Waals surface area (Å²) in [4.78, 5) is 5.65. The molecule has 1 aliphatic rings. The van der Waals surface area contributed by atoms with E-state index in [1.807, 2.05) is 48.5 Å². The van der Waals surface area contributed by atoms with E-state index in [9.17, 15) is 5.11 Å². The first-order chi connectivity index (χ1) is 11.7. The molecule has 5 nitrogen and oxygen atoms in total. The summed E-state index contributed by atoms with van der Waals surface area (Å²) in [6, 6.07) is 13.6. The Morgan fingerprint density at radius 1 is 1.04 bits per heavy atom. The van der Waals surface area contributed by atoms with Gasteiger partial charge in [-0.1, -0.05) is 42.1 Å². The fourth-order valence-corrected chi connectivity index (χ4v) is 3.95. The third-order valence-electron chi connectivity index (χ3n) is 4.00. The van der Waals surface area contributed by atoms with Crippen molar-refractivity contribution in [2.75, 3.05) is 14.2 Å². The van der Waals surface area contributed by atoms with Crippen LogP contribution >= 0.6 is 11.8 Å². The molecular weight excluding hydrogens is 324 g/mol. The lowest BCUT2D eigenvalue weighted by molar-refractivity contribution is 0.148. The van der Waals surface area contributed by atoms with Gasteiger partial charge in [-0.25, -0.2) is 4.98 Å². The third kappa shape index (κ3) is 2.26. The molecule has 4 rings (SSSR count). The summed E-state index contributed by atoms with van der Waals surface area (Å²) in [7, 11) is 3.21. The Hall–Kier alpha value is -2.44. The Bertz CT molecular complexity index is 934. The Morgan fingerprint density at radius 2 is 1.75 bits per heavy atom. The molecule has 0 aliphatic carbocycles. The molecule has 2 heterocycles. The van der Waals surface area contributed by atoms with Gasteiger partial charge in [-0.2, -0.15) is 0 Å². The third-order valence-corrected chi connectivity index (χ3v) is 5.06. The fraction of sp³-hybridized carbons (Fsp3) is 0.167. The van der Waals surface area contributed by atoms with Crippen LogP contribution in [0.2, 0.25) is 0 Å². The van der Waals surface area contributed by atoms with Gasteiger partial charge in [0.2, 0.25) is 0 Å². The normalized spacial score (nSPS) is 16.6. The first kappa shape index (κ1) is 15.1. The molecule has 1 N–H and O–H groups in total. The molecule has 0 saturated heterocycles. The van der Waals surface area contributed by atoms with Gasteiger partial charge >= 0.3 is 0 Å². The number of hydrogen-bond donors (Lipinski definition) is 1. The Labute approximate surface area is 143 Å². The summed E-state index contributed by atoms with van der Waals surface area (Å²) in [5, 5.41) is 11.4. The maximum atomic E-state index is 10.7. The van der Waals surface area contributed by atoms with Gasteiger partial charge in [0.25, 0.3) is 0 Å². The van der Waals surface area contributed by atoms with E-state index in [1.165, 1.54) is 11.8 Å². The topological polar surface area (TPSA) is 56.5 Å². The Kier molecular flexibility index (Phi) is 3.70. The molecule has 3 aromatic rings. The second-order valence-corrected chi connectivity index (χ2v) is 6.35. The summed E-state index contributed by atoms with van der Waals surface area (Å²) >= 11 is 1.52. The largest absolute Gasteiger partial charge is 0.494 e. The van der Waals surface area contributed by atoms with Crippen LogP contribution in [0.1, 0.15) is 11.8 Å².